The molecule has 0 atom stereocenters. The Labute approximate surface area is 148 Å². The first kappa shape index (κ1) is 16.1. The quantitative estimate of drug-likeness (QED) is 0.706. The van der Waals surface area contributed by atoms with Crippen LogP contribution in [0.1, 0.15) is 42.0 Å². The number of aryl methyl sites for hydroxylation is 1. The van der Waals surface area contributed by atoms with Crippen LogP contribution in [0.25, 0.3) is 4.96 Å². The van der Waals surface area contributed by atoms with E-state index < -0.39 is 0 Å². The highest BCUT2D eigenvalue weighted by Crippen LogP contribution is 2.27. The van der Waals surface area contributed by atoms with Crippen molar-refractivity contribution < 1.29 is 4.79 Å². The molecule has 0 spiro atoms. The summed E-state index contributed by atoms with van der Waals surface area (Å²) in [6.07, 6.45) is 5.31. The van der Waals surface area contributed by atoms with Gasteiger partial charge in [-0.1, -0.05) is 0 Å². The Hall–Kier alpha value is -2.42. The SMILES string of the molecule is CCn1c(C2CCN(C(=O)c3cn4ccsc4n3)CC2)nn(C)c1=O. The second kappa shape index (κ2) is 6.14. The Morgan fingerprint density at radius 1 is 1.36 bits per heavy atom. The lowest BCUT2D eigenvalue weighted by Crippen LogP contribution is -2.38. The Bertz CT molecular complexity index is 944. The van der Waals surface area contributed by atoms with Crippen molar-refractivity contribution in [2.24, 2.45) is 7.05 Å². The van der Waals surface area contributed by atoms with E-state index in [2.05, 4.69) is 10.1 Å². The molecule has 0 saturated carbocycles. The van der Waals surface area contributed by atoms with Gasteiger partial charge in [-0.25, -0.2) is 14.5 Å². The zero-order valence-electron chi connectivity index (χ0n) is 14.3. The van der Waals surface area contributed by atoms with Crippen molar-refractivity contribution in [1.29, 1.82) is 0 Å². The van der Waals surface area contributed by atoms with Crippen LogP contribution in [0.5, 0.6) is 0 Å². The summed E-state index contributed by atoms with van der Waals surface area (Å²) in [5, 5.41) is 6.35. The first-order valence-electron chi connectivity index (χ1n) is 8.43. The largest absolute Gasteiger partial charge is 0.345 e. The van der Waals surface area contributed by atoms with Gasteiger partial charge in [-0.2, -0.15) is 5.10 Å². The van der Waals surface area contributed by atoms with E-state index in [1.165, 1.54) is 16.0 Å². The van der Waals surface area contributed by atoms with E-state index in [1.807, 2.05) is 27.8 Å². The number of imidazole rings is 1. The minimum Gasteiger partial charge on any atom is -0.337 e. The highest BCUT2D eigenvalue weighted by atomic mass is 32.1. The summed E-state index contributed by atoms with van der Waals surface area (Å²) < 4.78 is 5.00. The number of thiazole rings is 1. The molecule has 1 saturated heterocycles. The molecule has 0 N–H and O–H groups in total. The lowest BCUT2D eigenvalue weighted by atomic mass is 9.95. The van der Waals surface area contributed by atoms with Crippen LogP contribution in [0, 0.1) is 0 Å². The summed E-state index contributed by atoms with van der Waals surface area (Å²) >= 11 is 1.52. The standard InChI is InChI=1S/C16H20N6O2S/c1-3-22-13(18-19(2)16(22)24)11-4-6-20(7-5-11)14(23)12-10-21-8-9-25-15(21)17-12/h8-11H,3-7H2,1-2H3. The Morgan fingerprint density at radius 3 is 2.80 bits per heavy atom. The average molecular weight is 360 g/mol. The molecule has 0 unspecified atom stereocenters. The number of hydrogen-bond donors (Lipinski definition) is 0. The van der Waals surface area contributed by atoms with Crippen LogP contribution in [0.15, 0.2) is 22.6 Å². The fourth-order valence-electron chi connectivity index (χ4n) is 3.46. The summed E-state index contributed by atoms with van der Waals surface area (Å²) in [5.41, 5.74) is 0.419. The summed E-state index contributed by atoms with van der Waals surface area (Å²) in [5.74, 6) is 1.02. The van der Waals surface area contributed by atoms with Gasteiger partial charge in [-0.05, 0) is 19.8 Å². The third kappa shape index (κ3) is 2.68. The van der Waals surface area contributed by atoms with Crippen molar-refractivity contribution in [3.8, 4) is 0 Å². The first-order valence-corrected chi connectivity index (χ1v) is 9.31. The van der Waals surface area contributed by atoms with Gasteiger partial charge in [0.1, 0.15) is 11.5 Å². The van der Waals surface area contributed by atoms with E-state index in [0.717, 1.165) is 23.6 Å². The maximum Gasteiger partial charge on any atom is 0.345 e. The molecule has 1 fully saturated rings. The predicted molar refractivity (Wildman–Crippen MR) is 94.1 cm³/mol. The minimum absolute atomic E-state index is 0.0248. The van der Waals surface area contributed by atoms with Gasteiger partial charge in [0.05, 0.1) is 0 Å². The second-order valence-electron chi connectivity index (χ2n) is 6.29. The zero-order valence-corrected chi connectivity index (χ0v) is 15.1. The lowest BCUT2D eigenvalue weighted by Gasteiger charge is -2.31. The number of amides is 1. The van der Waals surface area contributed by atoms with E-state index in [0.29, 0.717) is 25.3 Å². The molecule has 1 aliphatic rings. The molecule has 4 heterocycles. The van der Waals surface area contributed by atoms with Crippen molar-refractivity contribution in [2.75, 3.05) is 13.1 Å². The van der Waals surface area contributed by atoms with Crippen LogP contribution in [0.2, 0.25) is 0 Å². The third-order valence-electron chi connectivity index (χ3n) is 4.81. The van der Waals surface area contributed by atoms with Gasteiger partial charge >= 0.3 is 5.69 Å². The number of fused-ring (bicyclic) bond motifs is 1. The fourth-order valence-corrected chi connectivity index (χ4v) is 4.16. The maximum atomic E-state index is 12.7. The molecule has 132 valence electrons. The number of carbonyl (C=O) groups excluding carboxylic acids is 1. The predicted octanol–water partition coefficient (Wildman–Crippen LogP) is 1.33. The molecule has 4 rings (SSSR count). The Kier molecular flexibility index (Phi) is 3.95. The summed E-state index contributed by atoms with van der Waals surface area (Å²) in [4.78, 5) is 31.8. The van der Waals surface area contributed by atoms with Gasteiger partial charge in [0, 0.05) is 50.4 Å². The molecule has 1 amide bonds. The van der Waals surface area contributed by atoms with Gasteiger partial charge in [-0.3, -0.25) is 13.8 Å². The summed E-state index contributed by atoms with van der Waals surface area (Å²) in [7, 11) is 1.68. The molecule has 0 bridgehead atoms. The second-order valence-corrected chi connectivity index (χ2v) is 7.17. The normalized spacial score (nSPS) is 16.0. The molecule has 0 aromatic carbocycles. The topological polar surface area (TPSA) is 77.4 Å². The fraction of sp³-hybridized carbons (Fsp3) is 0.500. The number of likely N-dealkylation sites (tertiary alicyclic amines) is 1. The van der Waals surface area contributed by atoms with Gasteiger partial charge in [0.25, 0.3) is 5.91 Å². The molecule has 3 aromatic heterocycles. The molecular formula is C16H20N6O2S. The Balaban J connectivity index is 1.48. The van der Waals surface area contributed by atoms with Crippen LogP contribution >= 0.6 is 11.3 Å². The van der Waals surface area contributed by atoms with E-state index >= 15 is 0 Å². The number of carbonyl (C=O) groups is 1. The Morgan fingerprint density at radius 2 is 2.12 bits per heavy atom. The molecule has 9 heteroatoms. The summed E-state index contributed by atoms with van der Waals surface area (Å²) in [6, 6.07) is 0. The average Bonchev–Trinajstić information content (AvgIpc) is 3.29. The first-order chi connectivity index (χ1) is 12.1. The van der Waals surface area contributed by atoms with Gasteiger partial charge < -0.3 is 4.90 Å². The molecule has 0 aliphatic carbocycles. The van der Waals surface area contributed by atoms with Crippen molar-refractivity contribution in [3.05, 3.63) is 39.8 Å². The molecule has 3 aromatic rings. The number of hydrogen-bond acceptors (Lipinski definition) is 5. The minimum atomic E-state index is -0.0749. The monoisotopic (exact) mass is 360 g/mol. The lowest BCUT2D eigenvalue weighted by molar-refractivity contribution is 0.0705. The molecule has 0 radical (unpaired) electrons. The number of nitrogens with zero attached hydrogens (tertiary/aromatic N) is 6. The number of rotatable bonds is 3. The van der Waals surface area contributed by atoms with Crippen molar-refractivity contribution in [3.63, 3.8) is 0 Å². The van der Waals surface area contributed by atoms with Crippen LogP contribution in [-0.2, 0) is 13.6 Å². The summed E-state index contributed by atoms with van der Waals surface area (Å²) in [6.45, 7) is 3.88. The van der Waals surface area contributed by atoms with Crippen LogP contribution in [0.3, 0.4) is 0 Å². The van der Waals surface area contributed by atoms with Crippen molar-refractivity contribution >= 4 is 22.2 Å². The number of aromatic nitrogens is 5. The van der Waals surface area contributed by atoms with Crippen molar-refractivity contribution in [2.45, 2.75) is 32.2 Å². The van der Waals surface area contributed by atoms with Crippen molar-refractivity contribution in [1.82, 2.24) is 28.6 Å². The highest BCUT2D eigenvalue weighted by Gasteiger charge is 2.29. The van der Waals surface area contributed by atoms with Gasteiger partial charge in [0.2, 0.25) is 0 Å². The zero-order chi connectivity index (χ0) is 17.6. The van der Waals surface area contributed by atoms with Gasteiger partial charge in [0.15, 0.2) is 4.96 Å². The number of piperidine rings is 1. The van der Waals surface area contributed by atoms with E-state index in [4.69, 9.17) is 0 Å². The molecule has 25 heavy (non-hydrogen) atoms. The van der Waals surface area contributed by atoms with E-state index in [1.54, 1.807) is 17.8 Å². The highest BCUT2D eigenvalue weighted by molar-refractivity contribution is 7.15. The smallest absolute Gasteiger partial charge is 0.337 e. The van der Waals surface area contributed by atoms with Crippen LogP contribution in [0.4, 0.5) is 0 Å². The molecular weight excluding hydrogens is 340 g/mol. The third-order valence-corrected chi connectivity index (χ3v) is 5.58. The van der Waals surface area contributed by atoms with Gasteiger partial charge in [-0.15, -0.1) is 11.3 Å². The van der Waals surface area contributed by atoms with Crippen LogP contribution in [-0.4, -0.2) is 47.6 Å². The van der Waals surface area contributed by atoms with Crippen LogP contribution < -0.4 is 5.69 Å². The molecule has 8 nitrogen and oxygen atoms in total. The van der Waals surface area contributed by atoms with E-state index in [-0.39, 0.29) is 17.5 Å². The molecule has 1 aliphatic heterocycles. The maximum absolute atomic E-state index is 12.7. The van der Waals surface area contributed by atoms with E-state index in [9.17, 15) is 9.59 Å².